The monoisotopic (exact) mass is 276 g/mol. The van der Waals surface area contributed by atoms with Crippen LogP contribution in [0.2, 0.25) is 0 Å². The van der Waals surface area contributed by atoms with Crippen LogP contribution in [0.15, 0.2) is 24.3 Å². The second kappa shape index (κ2) is 6.75. The Hall–Kier alpha value is -1.55. The lowest BCUT2D eigenvalue weighted by atomic mass is 9.94. The molecule has 0 bridgehead atoms. The normalized spacial score (nSPS) is 21.8. The zero-order valence-electron chi connectivity index (χ0n) is 12.3. The van der Waals surface area contributed by atoms with Crippen LogP contribution in [-0.2, 0) is 4.79 Å². The number of hydrogen-bond donors (Lipinski definition) is 1. The first-order valence-electron chi connectivity index (χ1n) is 7.36. The Balaban J connectivity index is 2.20. The first-order chi connectivity index (χ1) is 9.71. The molecule has 1 aliphatic carbocycles. The average Bonchev–Trinajstić information content (AvgIpc) is 2.96. The molecule has 2 atom stereocenters. The summed E-state index contributed by atoms with van der Waals surface area (Å²) in [4.78, 5) is 14.6. The highest BCUT2D eigenvalue weighted by Gasteiger charge is 2.34. The van der Waals surface area contributed by atoms with Gasteiger partial charge in [-0.3, -0.25) is 4.79 Å². The third-order valence-electron chi connectivity index (χ3n) is 4.23. The maximum atomic E-state index is 12.8. The number of methoxy groups -OCH3 is 1. The van der Waals surface area contributed by atoms with Gasteiger partial charge in [-0.2, -0.15) is 0 Å². The Morgan fingerprint density at radius 1 is 1.45 bits per heavy atom. The van der Waals surface area contributed by atoms with E-state index in [0.717, 1.165) is 30.7 Å². The molecule has 20 heavy (non-hydrogen) atoms. The van der Waals surface area contributed by atoms with E-state index in [1.54, 1.807) is 7.11 Å². The molecule has 0 heterocycles. The Labute approximate surface area is 120 Å². The van der Waals surface area contributed by atoms with E-state index in [0.29, 0.717) is 19.0 Å². The number of anilines is 1. The summed E-state index contributed by atoms with van der Waals surface area (Å²) in [6.45, 7) is 3.27. The fraction of sp³-hybridized carbons (Fsp3) is 0.562. The molecule has 0 aliphatic heterocycles. The summed E-state index contributed by atoms with van der Waals surface area (Å²) in [7, 11) is 1.64. The third kappa shape index (κ3) is 2.96. The van der Waals surface area contributed by atoms with Crippen molar-refractivity contribution in [2.75, 3.05) is 25.1 Å². The van der Waals surface area contributed by atoms with Gasteiger partial charge < -0.3 is 15.4 Å². The molecule has 1 aromatic carbocycles. The van der Waals surface area contributed by atoms with Gasteiger partial charge >= 0.3 is 0 Å². The van der Waals surface area contributed by atoms with Crippen molar-refractivity contribution in [3.05, 3.63) is 24.3 Å². The van der Waals surface area contributed by atoms with Gasteiger partial charge in [-0.15, -0.1) is 0 Å². The van der Waals surface area contributed by atoms with Gasteiger partial charge in [0.2, 0.25) is 5.91 Å². The third-order valence-corrected chi connectivity index (χ3v) is 4.23. The van der Waals surface area contributed by atoms with Crippen LogP contribution in [-0.4, -0.2) is 26.1 Å². The number of rotatable bonds is 5. The highest BCUT2D eigenvalue weighted by Crippen LogP contribution is 2.34. The van der Waals surface area contributed by atoms with Crippen LogP contribution in [0.3, 0.4) is 0 Å². The fourth-order valence-electron chi connectivity index (χ4n) is 3.09. The standard InChI is InChI=1S/C16H24N2O2/c1-3-18(13-7-5-8-14(10-13)20-2)16(19)15-9-4-6-12(15)11-17/h5,7-8,10,12,15H,3-4,6,9,11,17H2,1-2H3/t12-,15-/m1/s1. The predicted molar refractivity (Wildman–Crippen MR) is 80.9 cm³/mol. The first kappa shape index (κ1) is 14.9. The number of hydrogen-bond acceptors (Lipinski definition) is 3. The van der Waals surface area contributed by atoms with Gasteiger partial charge in [0, 0.05) is 24.2 Å². The molecular weight excluding hydrogens is 252 g/mol. The molecule has 1 amide bonds. The van der Waals surface area contributed by atoms with Crippen LogP contribution in [0.1, 0.15) is 26.2 Å². The molecular formula is C16H24N2O2. The van der Waals surface area contributed by atoms with Crippen LogP contribution in [0.25, 0.3) is 0 Å². The molecule has 0 unspecified atom stereocenters. The average molecular weight is 276 g/mol. The van der Waals surface area contributed by atoms with Crippen molar-refractivity contribution in [1.29, 1.82) is 0 Å². The number of benzene rings is 1. The lowest BCUT2D eigenvalue weighted by Crippen LogP contribution is -2.39. The summed E-state index contributed by atoms with van der Waals surface area (Å²) in [6.07, 6.45) is 3.14. The number of nitrogens with zero attached hydrogens (tertiary/aromatic N) is 1. The van der Waals surface area contributed by atoms with Gasteiger partial charge in [0.1, 0.15) is 5.75 Å². The molecule has 0 radical (unpaired) electrons. The number of amides is 1. The number of nitrogens with two attached hydrogens (primary N) is 1. The molecule has 0 aromatic heterocycles. The number of carbonyl (C=O) groups excluding carboxylic acids is 1. The van der Waals surface area contributed by atoms with E-state index in [4.69, 9.17) is 10.5 Å². The molecule has 1 fully saturated rings. The molecule has 0 spiro atoms. The minimum absolute atomic E-state index is 0.0751. The summed E-state index contributed by atoms with van der Waals surface area (Å²) < 4.78 is 5.24. The SMILES string of the molecule is CCN(C(=O)[C@@H]1CCC[C@@H]1CN)c1cccc(OC)c1. The van der Waals surface area contributed by atoms with Crippen molar-refractivity contribution in [1.82, 2.24) is 0 Å². The Bertz CT molecular complexity index is 462. The number of carbonyl (C=O) groups is 1. The maximum Gasteiger partial charge on any atom is 0.230 e. The van der Waals surface area contributed by atoms with Crippen molar-refractivity contribution >= 4 is 11.6 Å². The van der Waals surface area contributed by atoms with Crippen LogP contribution >= 0.6 is 0 Å². The zero-order chi connectivity index (χ0) is 14.5. The van der Waals surface area contributed by atoms with Crippen LogP contribution in [0.5, 0.6) is 5.75 Å². The Kier molecular flexibility index (Phi) is 5.01. The van der Waals surface area contributed by atoms with Crippen molar-refractivity contribution in [3.63, 3.8) is 0 Å². The van der Waals surface area contributed by atoms with Crippen molar-refractivity contribution < 1.29 is 9.53 Å². The maximum absolute atomic E-state index is 12.8. The molecule has 0 saturated heterocycles. The molecule has 2 rings (SSSR count). The first-order valence-corrected chi connectivity index (χ1v) is 7.36. The van der Waals surface area contributed by atoms with Gasteiger partial charge in [0.05, 0.1) is 7.11 Å². The smallest absolute Gasteiger partial charge is 0.230 e. The molecule has 1 saturated carbocycles. The lowest BCUT2D eigenvalue weighted by molar-refractivity contribution is -0.123. The van der Waals surface area contributed by atoms with E-state index < -0.39 is 0 Å². The van der Waals surface area contributed by atoms with E-state index in [9.17, 15) is 4.79 Å². The highest BCUT2D eigenvalue weighted by molar-refractivity contribution is 5.95. The van der Waals surface area contributed by atoms with E-state index >= 15 is 0 Å². The minimum atomic E-state index is 0.0751. The molecule has 2 N–H and O–H groups in total. The molecule has 4 heteroatoms. The second-order valence-corrected chi connectivity index (χ2v) is 5.32. The van der Waals surface area contributed by atoms with Crippen LogP contribution in [0.4, 0.5) is 5.69 Å². The molecule has 1 aliphatic rings. The van der Waals surface area contributed by atoms with Crippen molar-refractivity contribution in [2.45, 2.75) is 26.2 Å². The van der Waals surface area contributed by atoms with Crippen LogP contribution in [0, 0.1) is 11.8 Å². The highest BCUT2D eigenvalue weighted by atomic mass is 16.5. The fourth-order valence-corrected chi connectivity index (χ4v) is 3.09. The number of ether oxygens (including phenoxy) is 1. The van der Waals surface area contributed by atoms with Crippen LogP contribution < -0.4 is 15.4 Å². The Morgan fingerprint density at radius 3 is 2.90 bits per heavy atom. The lowest BCUT2D eigenvalue weighted by Gasteiger charge is -2.27. The van der Waals surface area contributed by atoms with Crippen molar-refractivity contribution in [3.8, 4) is 5.75 Å². The van der Waals surface area contributed by atoms with Gasteiger partial charge in [0.25, 0.3) is 0 Å². The van der Waals surface area contributed by atoms with Gasteiger partial charge in [0.15, 0.2) is 0 Å². The van der Waals surface area contributed by atoms with E-state index in [2.05, 4.69) is 0 Å². The van der Waals surface area contributed by atoms with Gasteiger partial charge in [-0.1, -0.05) is 12.5 Å². The summed E-state index contributed by atoms with van der Waals surface area (Å²) >= 11 is 0. The Morgan fingerprint density at radius 2 is 2.25 bits per heavy atom. The summed E-state index contributed by atoms with van der Waals surface area (Å²) in [5, 5.41) is 0. The minimum Gasteiger partial charge on any atom is -0.497 e. The summed E-state index contributed by atoms with van der Waals surface area (Å²) in [5.74, 6) is 1.39. The predicted octanol–water partition coefficient (Wildman–Crippen LogP) is 2.42. The van der Waals surface area contributed by atoms with Gasteiger partial charge in [-0.05, 0) is 44.4 Å². The van der Waals surface area contributed by atoms with E-state index in [1.807, 2.05) is 36.1 Å². The van der Waals surface area contributed by atoms with Crippen molar-refractivity contribution in [2.24, 2.45) is 17.6 Å². The van der Waals surface area contributed by atoms with E-state index in [-0.39, 0.29) is 11.8 Å². The quantitative estimate of drug-likeness (QED) is 0.898. The molecule has 1 aromatic rings. The topological polar surface area (TPSA) is 55.6 Å². The summed E-state index contributed by atoms with van der Waals surface area (Å²) in [5.41, 5.74) is 6.70. The zero-order valence-corrected chi connectivity index (χ0v) is 12.3. The van der Waals surface area contributed by atoms with E-state index in [1.165, 1.54) is 0 Å². The molecule has 110 valence electrons. The van der Waals surface area contributed by atoms with Gasteiger partial charge in [-0.25, -0.2) is 0 Å². The second-order valence-electron chi connectivity index (χ2n) is 5.32. The summed E-state index contributed by atoms with van der Waals surface area (Å²) in [6, 6.07) is 7.67. The largest absolute Gasteiger partial charge is 0.497 e. The molecule has 4 nitrogen and oxygen atoms in total.